The van der Waals surface area contributed by atoms with E-state index in [4.69, 9.17) is 5.11 Å². The Balaban J connectivity index is 2.45. The second-order valence-corrected chi connectivity index (χ2v) is 3.40. The van der Waals surface area contributed by atoms with Gasteiger partial charge >= 0.3 is 0 Å². The van der Waals surface area contributed by atoms with E-state index in [9.17, 15) is 9.18 Å². The lowest BCUT2D eigenvalue weighted by Gasteiger charge is -2.03. The number of rotatable bonds is 2. The van der Waals surface area contributed by atoms with Crippen LogP contribution in [0.5, 0.6) is 5.75 Å². The molecule has 0 aliphatic carbocycles. The molecule has 0 spiro atoms. The molecule has 16 heavy (non-hydrogen) atoms. The van der Waals surface area contributed by atoms with Crippen LogP contribution in [-0.2, 0) is 0 Å². The van der Waals surface area contributed by atoms with Crippen molar-refractivity contribution >= 4 is 6.29 Å². The molecule has 0 saturated carbocycles. The van der Waals surface area contributed by atoms with E-state index in [0.29, 0.717) is 11.8 Å². The molecule has 0 heterocycles. The van der Waals surface area contributed by atoms with Crippen molar-refractivity contribution in [1.29, 1.82) is 0 Å². The third kappa shape index (κ3) is 1.93. The summed E-state index contributed by atoms with van der Waals surface area (Å²) in [6, 6.07) is 10.8. The summed E-state index contributed by atoms with van der Waals surface area (Å²) < 4.78 is 13.3. The zero-order valence-electron chi connectivity index (χ0n) is 8.35. The molecular formula is C13H9FO2. The van der Waals surface area contributed by atoms with Crippen LogP contribution in [0.4, 0.5) is 4.39 Å². The highest BCUT2D eigenvalue weighted by atomic mass is 19.1. The SMILES string of the molecule is O=Cc1ccc(-c2ccc(O)cc2)cc1F. The maximum atomic E-state index is 13.3. The van der Waals surface area contributed by atoms with Crippen molar-refractivity contribution in [2.75, 3.05) is 0 Å². The Morgan fingerprint density at radius 1 is 1.00 bits per heavy atom. The van der Waals surface area contributed by atoms with E-state index >= 15 is 0 Å². The molecular weight excluding hydrogens is 207 g/mol. The molecule has 0 bridgehead atoms. The number of benzene rings is 2. The molecule has 0 amide bonds. The van der Waals surface area contributed by atoms with Crippen LogP contribution in [-0.4, -0.2) is 11.4 Å². The van der Waals surface area contributed by atoms with E-state index < -0.39 is 5.82 Å². The van der Waals surface area contributed by atoms with Crippen molar-refractivity contribution < 1.29 is 14.3 Å². The molecule has 2 aromatic carbocycles. The molecule has 0 unspecified atom stereocenters. The standard InChI is InChI=1S/C13H9FO2/c14-13-7-10(1-2-11(13)8-15)9-3-5-12(16)6-4-9/h1-8,16H. The van der Waals surface area contributed by atoms with Crippen molar-refractivity contribution in [2.24, 2.45) is 0 Å². The topological polar surface area (TPSA) is 37.3 Å². The minimum absolute atomic E-state index is 0.0440. The average molecular weight is 216 g/mol. The van der Waals surface area contributed by atoms with Crippen LogP contribution < -0.4 is 0 Å². The number of phenolic OH excluding ortho intramolecular Hbond substituents is 1. The number of hydrogen-bond donors (Lipinski definition) is 1. The van der Waals surface area contributed by atoms with Crippen LogP contribution in [0, 0.1) is 5.82 Å². The highest BCUT2D eigenvalue weighted by Crippen LogP contribution is 2.23. The first-order chi connectivity index (χ1) is 7.70. The van der Waals surface area contributed by atoms with Gasteiger partial charge in [0.25, 0.3) is 0 Å². The van der Waals surface area contributed by atoms with Crippen molar-refractivity contribution in [3.05, 3.63) is 53.8 Å². The molecule has 3 heteroatoms. The summed E-state index contributed by atoms with van der Waals surface area (Å²) in [5.41, 5.74) is 1.50. The largest absolute Gasteiger partial charge is 0.508 e. The number of halogens is 1. The van der Waals surface area contributed by atoms with Crippen molar-refractivity contribution in [3.63, 3.8) is 0 Å². The van der Waals surface area contributed by atoms with E-state index in [2.05, 4.69) is 0 Å². The van der Waals surface area contributed by atoms with E-state index in [1.165, 1.54) is 24.3 Å². The van der Waals surface area contributed by atoms with Crippen LogP contribution >= 0.6 is 0 Å². The van der Waals surface area contributed by atoms with Crippen LogP contribution in [0.1, 0.15) is 10.4 Å². The van der Waals surface area contributed by atoms with E-state index in [-0.39, 0.29) is 11.3 Å². The zero-order valence-corrected chi connectivity index (χ0v) is 8.35. The van der Waals surface area contributed by atoms with Gasteiger partial charge in [0.2, 0.25) is 0 Å². The highest BCUT2D eigenvalue weighted by molar-refractivity contribution is 5.77. The predicted octanol–water partition coefficient (Wildman–Crippen LogP) is 3.01. The van der Waals surface area contributed by atoms with Gasteiger partial charge in [0.15, 0.2) is 6.29 Å². The van der Waals surface area contributed by atoms with E-state index in [1.807, 2.05) is 0 Å². The third-order valence-electron chi connectivity index (χ3n) is 2.33. The van der Waals surface area contributed by atoms with Crippen molar-refractivity contribution in [1.82, 2.24) is 0 Å². The van der Waals surface area contributed by atoms with Crippen molar-refractivity contribution in [3.8, 4) is 16.9 Å². The number of carbonyl (C=O) groups excluding carboxylic acids is 1. The van der Waals surface area contributed by atoms with Gasteiger partial charge in [0, 0.05) is 0 Å². The monoisotopic (exact) mass is 216 g/mol. The van der Waals surface area contributed by atoms with Gasteiger partial charge in [0.05, 0.1) is 5.56 Å². The molecule has 0 aliphatic heterocycles. The molecule has 0 saturated heterocycles. The highest BCUT2D eigenvalue weighted by Gasteiger charge is 2.04. The molecule has 80 valence electrons. The zero-order chi connectivity index (χ0) is 11.5. The lowest BCUT2D eigenvalue weighted by Crippen LogP contribution is -1.88. The number of aldehydes is 1. The first-order valence-electron chi connectivity index (χ1n) is 4.75. The number of aromatic hydroxyl groups is 1. The van der Waals surface area contributed by atoms with E-state index in [0.717, 1.165) is 5.56 Å². The predicted molar refractivity (Wildman–Crippen MR) is 58.9 cm³/mol. The Kier molecular flexibility index (Phi) is 2.68. The first kappa shape index (κ1) is 10.4. The second-order valence-electron chi connectivity index (χ2n) is 3.40. The summed E-state index contributed by atoms with van der Waals surface area (Å²) >= 11 is 0. The summed E-state index contributed by atoms with van der Waals surface area (Å²) in [6.07, 6.45) is 0.482. The number of hydrogen-bond acceptors (Lipinski definition) is 2. The van der Waals surface area contributed by atoms with Gasteiger partial charge in [-0.05, 0) is 35.4 Å². The fourth-order valence-electron chi connectivity index (χ4n) is 1.46. The molecule has 1 N–H and O–H groups in total. The van der Waals surface area contributed by atoms with Gasteiger partial charge < -0.3 is 5.11 Å². The molecule has 0 radical (unpaired) electrons. The lowest BCUT2D eigenvalue weighted by atomic mass is 10.0. The maximum absolute atomic E-state index is 13.3. The molecule has 0 fully saturated rings. The second kappa shape index (κ2) is 4.14. The normalized spacial score (nSPS) is 10.1. The van der Waals surface area contributed by atoms with Gasteiger partial charge in [-0.3, -0.25) is 4.79 Å². The fourth-order valence-corrected chi connectivity index (χ4v) is 1.46. The molecule has 2 rings (SSSR count). The third-order valence-corrected chi connectivity index (χ3v) is 2.33. The smallest absolute Gasteiger partial charge is 0.152 e. The van der Waals surface area contributed by atoms with Crippen LogP contribution in [0.15, 0.2) is 42.5 Å². The van der Waals surface area contributed by atoms with Crippen LogP contribution in [0.2, 0.25) is 0 Å². The summed E-state index contributed by atoms with van der Waals surface area (Å²) in [6.45, 7) is 0. The Bertz CT molecular complexity index is 518. The van der Waals surface area contributed by atoms with Gasteiger partial charge in [-0.15, -0.1) is 0 Å². The average Bonchev–Trinajstić information content (AvgIpc) is 2.30. The van der Waals surface area contributed by atoms with Crippen molar-refractivity contribution in [2.45, 2.75) is 0 Å². The minimum atomic E-state index is -0.541. The Morgan fingerprint density at radius 2 is 1.62 bits per heavy atom. The lowest BCUT2D eigenvalue weighted by molar-refractivity contribution is 0.112. The molecule has 0 aromatic heterocycles. The van der Waals surface area contributed by atoms with Gasteiger partial charge in [-0.25, -0.2) is 4.39 Å². The summed E-state index contributed by atoms with van der Waals surface area (Å²) in [7, 11) is 0. The minimum Gasteiger partial charge on any atom is -0.508 e. The molecule has 2 nitrogen and oxygen atoms in total. The van der Waals surface area contributed by atoms with Gasteiger partial charge in [-0.2, -0.15) is 0 Å². The van der Waals surface area contributed by atoms with Crippen LogP contribution in [0.25, 0.3) is 11.1 Å². The van der Waals surface area contributed by atoms with E-state index in [1.54, 1.807) is 18.2 Å². The number of phenols is 1. The molecule has 0 atom stereocenters. The maximum Gasteiger partial charge on any atom is 0.152 e. The van der Waals surface area contributed by atoms with Gasteiger partial charge in [-0.1, -0.05) is 18.2 Å². The summed E-state index contributed by atoms with van der Waals surface area (Å²) in [5, 5.41) is 9.12. The summed E-state index contributed by atoms with van der Waals surface area (Å²) in [5.74, 6) is -0.380. The Labute approximate surface area is 92.0 Å². The quantitative estimate of drug-likeness (QED) is 0.783. The summed E-state index contributed by atoms with van der Waals surface area (Å²) in [4.78, 5) is 10.4. The fraction of sp³-hybridized carbons (Fsp3) is 0. The Morgan fingerprint density at radius 3 is 2.19 bits per heavy atom. The van der Waals surface area contributed by atoms with Crippen LogP contribution in [0.3, 0.4) is 0 Å². The van der Waals surface area contributed by atoms with Gasteiger partial charge in [0.1, 0.15) is 11.6 Å². The molecule has 2 aromatic rings. The Hall–Kier alpha value is -2.16. The first-order valence-corrected chi connectivity index (χ1v) is 4.75. The number of carbonyl (C=O) groups is 1. The molecule has 0 aliphatic rings.